The Morgan fingerprint density at radius 2 is 1.57 bits per heavy atom. The van der Waals surface area contributed by atoms with E-state index in [0.29, 0.717) is 5.69 Å². The van der Waals surface area contributed by atoms with Crippen molar-refractivity contribution in [1.29, 1.82) is 0 Å². The maximum atomic E-state index is 12.9. The molecule has 0 bridgehead atoms. The average molecular weight is 380 g/mol. The molecule has 0 spiro atoms. The Hall–Kier alpha value is -3.15. The molecule has 1 aliphatic carbocycles. The second-order valence-corrected chi connectivity index (χ2v) is 6.87. The molecule has 1 saturated carbocycles. The van der Waals surface area contributed by atoms with E-state index in [1.807, 2.05) is 30.3 Å². The van der Waals surface area contributed by atoms with Crippen molar-refractivity contribution in [3.05, 3.63) is 65.7 Å². The van der Waals surface area contributed by atoms with E-state index in [1.165, 1.54) is 11.0 Å². The van der Waals surface area contributed by atoms with Crippen LogP contribution in [0.5, 0.6) is 0 Å². The Morgan fingerprint density at radius 3 is 2.25 bits per heavy atom. The highest BCUT2D eigenvalue weighted by molar-refractivity contribution is 6.12. The molecule has 0 unspecified atom stereocenters. The standard InChI is InChI=1S/C22H24N2O4/c1-24(17-11-3-2-4-12-17)21(26)18-13-7-8-14-19(18)22(27)28-15-20(25)23-16-9-5-6-10-16/h2-4,7-8,11-14,16H,5-6,9-10,15H2,1H3,(H,23,25). The Balaban J connectivity index is 1.66. The lowest BCUT2D eigenvalue weighted by atomic mass is 10.1. The van der Waals surface area contributed by atoms with Crippen LogP contribution in [-0.4, -0.2) is 37.5 Å². The van der Waals surface area contributed by atoms with Crippen molar-refractivity contribution in [3.8, 4) is 0 Å². The van der Waals surface area contributed by atoms with E-state index in [-0.39, 0.29) is 35.6 Å². The molecule has 2 aromatic carbocycles. The van der Waals surface area contributed by atoms with E-state index in [0.717, 1.165) is 25.7 Å². The molecule has 2 aromatic rings. The number of anilines is 1. The van der Waals surface area contributed by atoms with E-state index in [2.05, 4.69) is 5.32 Å². The van der Waals surface area contributed by atoms with Crippen LogP contribution in [0, 0.1) is 0 Å². The molecule has 0 heterocycles. The number of ether oxygens (including phenoxy) is 1. The van der Waals surface area contributed by atoms with E-state index >= 15 is 0 Å². The SMILES string of the molecule is CN(C(=O)c1ccccc1C(=O)OCC(=O)NC1CCCC1)c1ccccc1. The lowest BCUT2D eigenvalue weighted by Gasteiger charge is -2.19. The van der Waals surface area contributed by atoms with Crippen LogP contribution in [0.4, 0.5) is 5.69 Å². The van der Waals surface area contributed by atoms with Crippen LogP contribution in [0.1, 0.15) is 46.4 Å². The Morgan fingerprint density at radius 1 is 0.964 bits per heavy atom. The molecule has 1 fully saturated rings. The molecule has 28 heavy (non-hydrogen) atoms. The number of benzene rings is 2. The molecule has 0 radical (unpaired) electrons. The zero-order valence-electron chi connectivity index (χ0n) is 15.9. The van der Waals surface area contributed by atoms with Gasteiger partial charge < -0.3 is 15.0 Å². The summed E-state index contributed by atoms with van der Waals surface area (Å²) in [6, 6.07) is 15.8. The predicted octanol–water partition coefficient (Wildman–Crippen LogP) is 3.18. The van der Waals surface area contributed by atoms with Crippen LogP contribution < -0.4 is 10.2 Å². The van der Waals surface area contributed by atoms with Crippen molar-refractivity contribution >= 4 is 23.5 Å². The molecule has 6 heteroatoms. The van der Waals surface area contributed by atoms with Gasteiger partial charge in [0.25, 0.3) is 11.8 Å². The van der Waals surface area contributed by atoms with Crippen LogP contribution in [-0.2, 0) is 9.53 Å². The zero-order chi connectivity index (χ0) is 19.9. The molecule has 0 atom stereocenters. The summed E-state index contributed by atoms with van der Waals surface area (Å²) >= 11 is 0. The molecule has 1 aliphatic rings. The van der Waals surface area contributed by atoms with Crippen LogP contribution in [0.3, 0.4) is 0 Å². The third-order valence-electron chi connectivity index (χ3n) is 4.88. The minimum Gasteiger partial charge on any atom is -0.452 e. The number of hydrogen-bond acceptors (Lipinski definition) is 4. The summed E-state index contributed by atoms with van der Waals surface area (Å²) in [5, 5.41) is 2.87. The van der Waals surface area contributed by atoms with Gasteiger partial charge in [0.15, 0.2) is 6.61 Å². The molecule has 0 saturated heterocycles. The second-order valence-electron chi connectivity index (χ2n) is 6.87. The van der Waals surface area contributed by atoms with Gasteiger partial charge in [0.05, 0.1) is 11.1 Å². The fourth-order valence-electron chi connectivity index (χ4n) is 3.35. The highest BCUT2D eigenvalue weighted by Crippen LogP contribution is 2.19. The highest BCUT2D eigenvalue weighted by Gasteiger charge is 2.23. The molecular weight excluding hydrogens is 356 g/mol. The topological polar surface area (TPSA) is 75.7 Å². The molecule has 146 valence electrons. The van der Waals surface area contributed by atoms with Gasteiger partial charge in [0, 0.05) is 18.8 Å². The van der Waals surface area contributed by atoms with Gasteiger partial charge in [-0.15, -0.1) is 0 Å². The van der Waals surface area contributed by atoms with Gasteiger partial charge in [-0.2, -0.15) is 0 Å². The number of carbonyl (C=O) groups excluding carboxylic acids is 3. The zero-order valence-corrected chi connectivity index (χ0v) is 15.9. The number of nitrogens with zero attached hydrogens (tertiary/aromatic N) is 1. The fourth-order valence-corrected chi connectivity index (χ4v) is 3.35. The van der Waals surface area contributed by atoms with E-state index < -0.39 is 5.97 Å². The number of nitrogens with one attached hydrogen (secondary N) is 1. The van der Waals surface area contributed by atoms with Crippen molar-refractivity contribution in [2.45, 2.75) is 31.7 Å². The van der Waals surface area contributed by atoms with E-state index in [1.54, 1.807) is 25.2 Å². The summed E-state index contributed by atoms with van der Waals surface area (Å²) in [7, 11) is 1.65. The molecule has 1 N–H and O–H groups in total. The molecular formula is C22H24N2O4. The summed E-state index contributed by atoms with van der Waals surface area (Å²) in [5.74, 6) is -1.33. The summed E-state index contributed by atoms with van der Waals surface area (Å²) in [5.41, 5.74) is 1.09. The Labute approximate surface area is 164 Å². The van der Waals surface area contributed by atoms with Crippen LogP contribution in [0.25, 0.3) is 0 Å². The first-order valence-electron chi connectivity index (χ1n) is 9.45. The number of hydrogen-bond donors (Lipinski definition) is 1. The van der Waals surface area contributed by atoms with Crippen LogP contribution >= 0.6 is 0 Å². The number of esters is 1. The quantitative estimate of drug-likeness (QED) is 0.781. The molecule has 6 nitrogen and oxygen atoms in total. The largest absolute Gasteiger partial charge is 0.452 e. The third-order valence-corrected chi connectivity index (χ3v) is 4.88. The number of carbonyl (C=O) groups is 3. The van der Waals surface area contributed by atoms with Gasteiger partial charge in [-0.05, 0) is 37.1 Å². The van der Waals surface area contributed by atoms with Gasteiger partial charge in [0.2, 0.25) is 0 Å². The fraction of sp³-hybridized carbons (Fsp3) is 0.318. The smallest absolute Gasteiger partial charge is 0.339 e. The monoisotopic (exact) mass is 380 g/mol. The van der Waals surface area contributed by atoms with Crippen molar-refractivity contribution < 1.29 is 19.1 Å². The number of para-hydroxylation sites is 1. The predicted molar refractivity (Wildman–Crippen MR) is 106 cm³/mol. The molecule has 0 aliphatic heterocycles. The molecule has 2 amide bonds. The van der Waals surface area contributed by atoms with Crippen molar-refractivity contribution in [2.24, 2.45) is 0 Å². The third kappa shape index (κ3) is 4.76. The van der Waals surface area contributed by atoms with E-state index in [4.69, 9.17) is 4.74 Å². The van der Waals surface area contributed by atoms with Gasteiger partial charge in [-0.3, -0.25) is 9.59 Å². The average Bonchev–Trinajstić information content (AvgIpc) is 3.24. The first-order chi connectivity index (χ1) is 13.6. The van der Waals surface area contributed by atoms with Crippen LogP contribution in [0.15, 0.2) is 54.6 Å². The normalized spacial score (nSPS) is 13.8. The van der Waals surface area contributed by atoms with Crippen molar-refractivity contribution in [2.75, 3.05) is 18.6 Å². The van der Waals surface area contributed by atoms with E-state index in [9.17, 15) is 14.4 Å². The van der Waals surface area contributed by atoms with Gasteiger partial charge >= 0.3 is 5.97 Å². The lowest BCUT2D eigenvalue weighted by Crippen LogP contribution is -2.36. The molecule has 0 aromatic heterocycles. The number of rotatable bonds is 6. The van der Waals surface area contributed by atoms with Crippen LogP contribution in [0.2, 0.25) is 0 Å². The minimum atomic E-state index is -0.688. The highest BCUT2D eigenvalue weighted by atomic mass is 16.5. The van der Waals surface area contributed by atoms with Crippen molar-refractivity contribution in [1.82, 2.24) is 5.32 Å². The maximum Gasteiger partial charge on any atom is 0.339 e. The summed E-state index contributed by atoms with van der Waals surface area (Å²) in [6.07, 6.45) is 4.13. The second kappa shape index (κ2) is 9.17. The lowest BCUT2D eigenvalue weighted by molar-refractivity contribution is -0.124. The summed E-state index contributed by atoms with van der Waals surface area (Å²) in [4.78, 5) is 38.8. The van der Waals surface area contributed by atoms with Crippen molar-refractivity contribution in [3.63, 3.8) is 0 Å². The summed E-state index contributed by atoms with van der Waals surface area (Å²) < 4.78 is 5.15. The maximum absolute atomic E-state index is 12.9. The summed E-state index contributed by atoms with van der Waals surface area (Å²) in [6.45, 7) is -0.355. The first kappa shape index (κ1) is 19.6. The van der Waals surface area contributed by atoms with Gasteiger partial charge in [-0.1, -0.05) is 43.2 Å². The first-order valence-corrected chi connectivity index (χ1v) is 9.45. The Kier molecular flexibility index (Phi) is 6.42. The van der Waals surface area contributed by atoms with Gasteiger partial charge in [0.1, 0.15) is 0 Å². The minimum absolute atomic E-state index is 0.143. The van der Waals surface area contributed by atoms with Gasteiger partial charge in [-0.25, -0.2) is 4.79 Å². The number of amides is 2. The Bertz CT molecular complexity index is 845. The molecule has 3 rings (SSSR count).